The first-order valence-electron chi connectivity index (χ1n) is 8.98. The van der Waals surface area contributed by atoms with Gasteiger partial charge in [0.25, 0.3) is 0 Å². The van der Waals surface area contributed by atoms with E-state index in [4.69, 9.17) is 4.74 Å². The van der Waals surface area contributed by atoms with E-state index < -0.39 is 11.9 Å². The topological polar surface area (TPSA) is 83.8 Å². The van der Waals surface area contributed by atoms with Gasteiger partial charge < -0.3 is 14.9 Å². The van der Waals surface area contributed by atoms with Gasteiger partial charge in [-0.1, -0.05) is 48.5 Å². The molecule has 0 spiro atoms. The summed E-state index contributed by atoms with van der Waals surface area (Å²) in [5, 5.41) is 20.9. The highest BCUT2D eigenvalue weighted by atomic mass is 16.6. The molecule has 1 aliphatic heterocycles. The van der Waals surface area contributed by atoms with Crippen molar-refractivity contribution in [2.45, 2.75) is 0 Å². The molecule has 1 heterocycles. The Kier molecular flexibility index (Phi) is 3.64. The van der Waals surface area contributed by atoms with Crippen LogP contribution in [0, 0.1) is 0 Å². The van der Waals surface area contributed by atoms with E-state index >= 15 is 0 Å². The maximum absolute atomic E-state index is 12.7. The third-order valence-electron chi connectivity index (χ3n) is 5.12. The lowest BCUT2D eigenvalue weighted by Crippen LogP contribution is -2.01. The van der Waals surface area contributed by atoms with E-state index in [1.54, 1.807) is 24.3 Å². The van der Waals surface area contributed by atoms with Crippen molar-refractivity contribution >= 4 is 22.7 Å². The molecule has 0 amide bonds. The smallest absolute Gasteiger partial charge is 0.347 e. The van der Waals surface area contributed by atoms with Gasteiger partial charge in [-0.05, 0) is 46.2 Å². The Labute approximate surface area is 165 Å². The van der Waals surface area contributed by atoms with Gasteiger partial charge >= 0.3 is 11.9 Å². The molecule has 5 rings (SSSR count). The first kappa shape index (κ1) is 17.0. The van der Waals surface area contributed by atoms with Crippen LogP contribution in [0.4, 0.5) is 0 Å². The van der Waals surface area contributed by atoms with Crippen LogP contribution in [-0.2, 0) is 4.74 Å². The summed E-state index contributed by atoms with van der Waals surface area (Å²) >= 11 is 0. The Morgan fingerprint density at radius 2 is 0.897 bits per heavy atom. The SMILES string of the molecule is O=C1OC(=O)c2c1c(-c1ccc(O)cc1)c1ccccc1c2-c1ccc(O)cc1. The van der Waals surface area contributed by atoms with Gasteiger partial charge in [-0.2, -0.15) is 0 Å². The summed E-state index contributed by atoms with van der Waals surface area (Å²) in [7, 11) is 0. The first-order chi connectivity index (χ1) is 14.0. The van der Waals surface area contributed by atoms with Crippen LogP contribution < -0.4 is 0 Å². The van der Waals surface area contributed by atoms with Crippen LogP contribution >= 0.6 is 0 Å². The molecule has 0 bridgehead atoms. The highest BCUT2D eigenvalue weighted by Gasteiger charge is 2.37. The lowest BCUT2D eigenvalue weighted by Gasteiger charge is -2.16. The summed E-state index contributed by atoms with van der Waals surface area (Å²) in [5.41, 5.74) is 2.99. The average molecular weight is 382 g/mol. The van der Waals surface area contributed by atoms with Gasteiger partial charge in [0, 0.05) is 11.1 Å². The number of carbonyl (C=O) groups excluding carboxylic acids is 2. The van der Waals surface area contributed by atoms with E-state index in [0.717, 1.165) is 10.8 Å². The number of aromatic hydroxyl groups is 2. The highest BCUT2D eigenvalue weighted by molar-refractivity contribution is 6.27. The van der Waals surface area contributed by atoms with Crippen molar-refractivity contribution in [1.82, 2.24) is 0 Å². The predicted octanol–water partition coefficient (Wildman–Crippen LogP) is 4.90. The number of rotatable bonds is 2. The van der Waals surface area contributed by atoms with Crippen molar-refractivity contribution in [1.29, 1.82) is 0 Å². The number of hydrogen-bond acceptors (Lipinski definition) is 5. The standard InChI is InChI=1S/C24H14O5/c25-15-9-5-13(6-10-15)19-17-3-1-2-4-18(17)20(14-7-11-16(26)12-8-14)22-21(19)23(27)29-24(22)28/h1-12,25-26H. The molecular weight excluding hydrogens is 368 g/mol. The van der Waals surface area contributed by atoms with E-state index in [1.807, 2.05) is 24.3 Å². The highest BCUT2D eigenvalue weighted by Crippen LogP contribution is 2.45. The molecule has 1 aliphatic rings. The molecule has 5 heteroatoms. The first-order valence-corrected chi connectivity index (χ1v) is 8.98. The second-order valence-corrected chi connectivity index (χ2v) is 6.82. The zero-order chi connectivity index (χ0) is 20.1. The van der Waals surface area contributed by atoms with E-state index in [1.165, 1.54) is 24.3 Å². The van der Waals surface area contributed by atoms with Gasteiger partial charge in [0.15, 0.2) is 0 Å². The molecule has 0 aromatic heterocycles. The summed E-state index contributed by atoms with van der Waals surface area (Å²) in [6.45, 7) is 0. The zero-order valence-electron chi connectivity index (χ0n) is 15.0. The van der Waals surface area contributed by atoms with Gasteiger partial charge in [0.2, 0.25) is 0 Å². The molecule has 0 aliphatic carbocycles. The van der Waals surface area contributed by atoms with Crippen LogP contribution in [0.15, 0.2) is 72.8 Å². The molecule has 5 nitrogen and oxygen atoms in total. The average Bonchev–Trinajstić information content (AvgIpc) is 3.02. The van der Waals surface area contributed by atoms with Crippen molar-refractivity contribution in [3.8, 4) is 33.8 Å². The van der Waals surface area contributed by atoms with Gasteiger partial charge in [-0.15, -0.1) is 0 Å². The summed E-state index contributed by atoms with van der Waals surface area (Å²) in [5.74, 6) is -1.18. The summed E-state index contributed by atoms with van der Waals surface area (Å²) in [6.07, 6.45) is 0. The minimum Gasteiger partial charge on any atom is -0.508 e. The predicted molar refractivity (Wildman–Crippen MR) is 108 cm³/mol. The number of ether oxygens (including phenoxy) is 1. The van der Waals surface area contributed by atoms with E-state index in [9.17, 15) is 19.8 Å². The number of esters is 2. The molecule has 4 aromatic carbocycles. The number of fused-ring (bicyclic) bond motifs is 2. The zero-order valence-corrected chi connectivity index (χ0v) is 15.0. The van der Waals surface area contributed by atoms with Gasteiger partial charge in [-0.25, -0.2) is 9.59 Å². The third kappa shape index (κ3) is 2.56. The molecule has 29 heavy (non-hydrogen) atoms. The minimum atomic E-state index is -0.696. The maximum atomic E-state index is 12.7. The number of cyclic esters (lactones) is 2. The number of hydrogen-bond donors (Lipinski definition) is 2. The monoisotopic (exact) mass is 382 g/mol. The Morgan fingerprint density at radius 1 is 0.517 bits per heavy atom. The van der Waals surface area contributed by atoms with Gasteiger partial charge in [0.1, 0.15) is 11.5 Å². The molecule has 0 saturated heterocycles. The van der Waals surface area contributed by atoms with Crippen molar-refractivity contribution < 1.29 is 24.5 Å². The number of phenolic OH excluding ortho intramolecular Hbond substituents is 2. The number of benzene rings is 4. The van der Waals surface area contributed by atoms with Crippen LogP contribution in [0.1, 0.15) is 20.7 Å². The number of phenols is 2. The number of carbonyl (C=O) groups is 2. The second-order valence-electron chi connectivity index (χ2n) is 6.82. The minimum absolute atomic E-state index is 0.106. The largest absolute Gasteiger partial charge is 0.508 e. The molecule has 0 fully saturated rings. The van der Waals surface area contributed by atoms with Crippen LogP contribution in [0.3, 0.4) is 0 Å². The summed E-state index contributed by atoms with van der Waals surface area (Å²) in [6, 6.07) is 20.4. The molecule has 4 aromatic rings. The van der Waals surface area contributed by atoms with Crippen molar-refractivity contribution in [3.05, 3.63) is 83.9 Å². The van der Waals surface area contributed by atoms with Crippen molar-refractivity contribution in [2.75, 3.05) is 0 Å². The van der Waals surface area contributed by atoms with E-state index in [-0.39, 0.29) is 22.6 Å². The molecule has 0 saturated carbocycles. The quantitative estimate of drug-likeness (QED) is 0.381. The molecule has 0 atom stereocenters. The second kappa shape index (κ2) is 6.21. The van der Waals surface area contributed by atoms with Crippen LogP contribution in [0.25, 0.3) is 33.0 Å². The molecule has 2 N–H and O–H groups in total. The molecule has 0 radical (unpaired) electrons. The fourth-order valence-electron chi connectivity index (χ4n) is 3.89. The Bertz CT molecular complexity index is 1200. The van der Waals surface area contributed by atoms with Crippen LogP contribution in [0.2, 0.25) is 0 Å². The van der Waals surface area contributed by atoms with Crippen LogP contribution in [0.5, 0.6) is 11.5 Å². The fourth-order valence-corrected chi connectivity index (χ4v) is 3.89. The molecular formula is C24H14O5. The lowest BCUT2D eigenvalue weighted by atomic mass is 9.84. The van der Waals surface area contributed by atoms with E-state index in [0.29, 0.717) is 22.3 Å². The Balaban J connectivity index is 1.96. The molecule has 0 unspecified atom stereocenters. The lowest BCUT2D eigenvalue weighted by molar-refractivity contribution is 0.0444. The Morgan fingerprint density at radius 3 is 1.28 bits per heavy atom. The van der Waals surface area contributed by atoms with Gasteiger partial charge in [0.05, 0.1) is 11.1 Å². The maximum Gasteiger partial charge on any atom is 0.347 e. The fraction of sp³-hybridized carbons (Fsp3) is 0. The summed E-state index contributed by atoms with van der Waals surface area (Å²) in [4.78, 5) is 25.4. The van der Waals surface area contributed by atoms with E-state index in [2.05, 4.69) is 0 Å². The summed E-state index contributed by atoms with van der Waals surface area (Å²) < 4.78 is 5.00. The van der Waals surface area contributed by atoms with Crippen molar-refractivity contribution in [2.24, 2.45) is 0 Å². The normalized spacial score (nSPS) is 12.8. The van der Waals surface area contributed by atoms with Crippen molar-refractivity contribution in [3.63, 3.8) is 0 Å². The third-order valence-corrected chi connectivity index (χ3v) is 5.12. The Hall–Kier alpha value is -4.12. The van der Waals surface area contributed by atoms with Gasteiger partial charge in [-0.3, -0.25) is 0 Å². The molecule has 140 valence electrons. The van der Waals surface area contributed by atoms with Crippen LogP contribution in [-0.4, -0.2) is 22.2 Å².